The Balaban J connectivity index is 1.75. The third kappa shape index (κ3) is 3.05. The zero-order valence-corrected chi connectivity index (χ0v) is 15.0. The molecule has 1 aromatic heterocycles. The van der Waals surface area contributed by atoms with Gasteiger partial charge in [0.15, 0.2) is 0 Å². The summed E-state index contributed by atoms with van der Waals surface area (Å²) in [7, 11) is 0. The van der Waals surface area contributed by atoms with Gasteiger partial charge in [-0.05, 0) is 24.3 Å². The number of carbonyl (C=O) groups is 1. The topological polar surface area (TPSA) is 70.4 Å². The highest BCUT2D eigenvalue weighted by molar-refractivity contribution is 5.87. The third-order valence-corrected chi connectivity index (χ3v) is 5.24. The largest absolute Gasteiger partial charge is 0.506 e. The average Bonchev–Trinajstić information content (AvgIpc) is 2.91. The molecule has 0 bridgehead atoms. The van der Waals surface area contributed by atoms with E-state index in [9.17, 15) is 23.1 Å². The molecule has 2 aliphatic heterocycles. The van der Waals surface area contributed by atoms with E-state index in [0.717, 1.165) is 29.1 Å². The molecule has 3 heterocycles. The first-order valence-electron chi connectivity index (χ1n) is 8.95. The van der Waals surface area contributed by atoms with Crippen molar-refractivity contribution in [1.82, 2.24) is 20.0 Å². The van der Waals surface area contributed by atoms with E-state index >= 15 is 0 Å². The van der Waals surface area contributed by atoms with Gasteiger partial charge in [0.25, 0.3) is 0 Å². The van der Waals surface area contributed by atoms with E-state index in [1.165, 1.54) is 12.1 Å². The summed E-state index contributed by atoms with van der Waals surface area (Å²) >= 11 is 0. The first kappa shape index (κ1) is 18.5. The molecule has 1 aromatic carbocycles. The number of phenolic OH excluding ortho intramolecular Hbond substituents is 1. The van der Waals surface area contributed by atoms with E-state index in [1.54, 1.807) is 9.58 Å². The van der Waals surface area contributed by atoms with Crippen LogP contribution < -0.4 is 5.32 Å². The number of carbonyl (C=O) groups excluding carboxylic acids is 1. The molecule has 0 spiro atoms. The van der Waals surface area contributed by atoms with Gasteiger partial charge in [0.05, 0.1) is 23.0 Å². The summed E-state index contributed by atoms with van der Waals surface area (Å²) in [6.45, 7) is 5.12. The third-order valence-electron chi connectivity index (χ3n) is 5.24. The van der Waals surface area contributed by atoms with Crippen molar-refractivity contribution < 1.29 is 23.1 Å². The van der Waals surface area contributed by atoms with Gasteiger partial charge in [-0.2, -0.15) is 18.3 Å². The molecule has 0 saturated heterocycles. The molecule has 9 heteroatoms. The molecule has 0 aliphatic carbocycles. The predicted molar refractivity (Wildman–Crippen MR) is 95.2 cm³/mol. The van der Waals surface area contributed by atoms with Crippen molar-refractivity contribution in [2.75, 3.05) is 19.6 Å². The van der Waals surface area contributed by atoms with Crippen LogP contribution >= 0.6 is 0 Å². The van der Waals surface area contributed by atoms with Gasteiger partial charge in [-0.25, -0.2) is 4.68 Å². The van der Waals surface area contributed by atoms with Gasteiger partial charge in [0.2, 0.25) is 5.91 Å². The molecule has 28 heavy (non-hydrogen) atoms. The molecule has 0 radical (unpaired) electrons. The van der Waals surface area contributed by atoms with Gasteiger partial charge in [0, 0.05) is 38.0 Å². The Labute approximate surface area is 159 Å². The smallest absolute Gasteiger partial charge is 0.416 e. The van der Waals surface area contributed by atoms with E-state index < -0.39 is 17.5 Å². The number of nitrogens with zero attached hydrogens (tertiary/aromatic N) is 3. The predicted octanol–water partition coefficient (Wildman–Crippen LogP) is 2.35. The minimum Gasteiger partial charge on any atom is -0.506 e. The van der Waals surface area contributed by atoms with Crippen LogP contribution in [0.4, 0.5) is 13.2 Å². The highest BCUT2D eigenvalue weighted by atomic mass is 19.4. The van der Waals surface area contributed by atoms with Crippen LogP contribution in [-0.4, -0.2) is 45.3 Å². The second-order valence-electron chi connectivity index (χ2n) is 6.92. The number of amides is 1. The van der Waals surface area contributed by atoms with Gasteiger partial charge < -0.3 is 15.3 Å². The SMILES string of the molecule is C=CC(=O)N1CCc2nn(-c3ccc(C(F)(F)F)cc3O)c3c2C(C1)NCC3. The van der Waals surface area contributed by atoms with Crippen LogP contribution in [0.3, 0.4) is 0 Å². The fraction of sp³-hybridized carbons (Fsp3) is 0.368. The molecule has 2 aromatic rings. The van der Waals surface area contributed by atoms with Crippen LogP contribution in [0.15, 0.2) is 30.9 Å². The quantitative estimate of drug-likeness (QED) is 0.770. The average molecular weight is 392 g/mol. The number of hydrogen-bond acceptors (Lipinski definition) is 4. The lowest BCUT2D eigenvalue weighted by atomic mass is 9.98. The van der Waals surface area contributed by atoms with E-state index in [-0.39, 0.29) is 17.6 Å². The maximum atomic E-state index is 12.9. The monoisotopic (exact) mass is 392 g/mol. The second kappa shape index (κ2) is 6.66. The Kier molecular flexibility index (Phi) is 4.41. The molecular weight excluding hydrogens is 373 g/mol. The molecule has 2 aliphatic rings. The Bertz CT molecular complexity index is 951. The molecule has 1 unspecified atom stereocenters. The summed E-state index contributed by atoms with van der Waals surface area (Å²) in [6.07, 6.45) is -2.10. The number of nitrogens with one attached hydrogen (secondary N) is 1. The van der Waals surface area contributed by atoms with E-state index in [0.29, 0.717) is 32.5 Å². The van der Waals surface area contributed by atoms with Crippen molar-refractivity contribution in [3.63, 3.8) is 0 Å². The zero-order valence-electron chi connectivity index (χ0n) is 15.0. The molecule has 1 atom stereocenters. The normalized spacial score (nSPS) is 19.1. The number of aromatic hydroxyl groups is 1. The molecule has 2 N–H and O–H groups in total. The van der Waals surface area contributed by atoms with Crippen molar-refractivity contribution in [3.8, 4) is 11.4 Å². The van der Waals surface area contributed by atoms with Gasteiger partial charge in [-0.1, -0.05) is 6.58 Å². The van der Waals surface area contributed by atoms with E-state index in [1.807, 2.05) is 0 Å². The lowest BCUT2D eigenvalue weighted by Crippen LogP contribution is -2.40. The van der Waals surface area contributed by atoms with Gasteiger partial charge in [0.1, 0.15) is 11.4 Å². The molecule has 4 rings (SSSR count). The number of halogens is 3. The second-order valence-corrected chi connectivity index (χ2v) is 6.92. The lowest BCUT2D eigenvalue weighted by molar-refractivity contribution is -0.137. The van der Waals surface area contributed by atoms with Crippen molar-refractivity contribution in [2.45, 2.75) is 25.1 Å². The van der Waals surface area contributed by atoms with Crippen LogP contribution in [-0.2, 0) is 23.8 Å². The Hall–Kier alpha value is -2.81. The van der Waals surface area contributed by atoms with Crippen LogP contribution in [0.25, 0.3) is 5.69 Å². The Morgan fingerprint density at radius 1 is 1.36 bits per heavy atom. The molecule has 148 valence electrons. The summed E-state index contributed by atoms with van der Waals surface area (Å²) in [5, 5.41) is 18.2. The van der Waals surface area contributed by atoms with Gasteiger partial charge in [-0.3, -0.25) is 4.79 Å². The van der Waals surface area contributed by atoms with Crippen molar-refractivity contribution in [3.05, 3.63) is 53.4 Å². The lowest BCUT2D eigenvalue weighted by Gasteiger charge is -2.28. The van der Waals surface area contributed by atoms with Crippen LogP contribution in [0.1, 0.15) is 28.6 Å². The summed E-state index contributed by atoms with van der Waals surface area (Å²) in [4.78, 5) is 13.7. The van der Waals surface area contributed by atoms with Gasteiger partial charge >= 0.3 is 6.18 Å². The number of phenols is 1. The number of hydrogen-bond donors (Lipinski definition) is 2. The summed E-state index contributed by atoms with van der Waals surface area (Å²) in [6, 6.07) is 2.79. The molecule has 1 amide bonds. The first-order chi connectivity index (χ1) is 13.3. The van der Waals surface area contributed by atoms with Crippen molar-refractivity contribution in [2.24, 2.45) is 0 Å². The fourth-order valence-corrected chi connectivity index (χ4v) is 3.93. The van der Waals surface area contributed by atoms with Crippen LogP contribution in [0, 0.1) is 0 Å². The zero-order chi connectivity index (χ0) is 20.1. The summed E-state index contributed by atoms with van der Waals surface area (Å²) < 4.78 is 40.2. The van der Waals surface area contributed by atoms with Gasteiger partial charge in [-0.15, -0.1) is 0 Å². The number of aromatic nitrogens is 2. The standard InChI is InChI=1S/C19H19F3N4O2/c1-2-17(28)25-8-6-12-18-13(10-25)23-7-5-15(18)26(24-12)14-4-3-11(9-16(14)27)19(20,21)22/h2-4,9,13,23,27H,1,5-8,10H2. The summed E-state index contributed by atoms with van der Waals surface area (Å²) in [5.74, 6) is -0.616. The molecule has 0 fully saturated rings. The highest BCUT2D eigenvalue weighted by Crippen LogP contribution is 2.37. The van der Waals surface area contributed by atoms with E-state index in [4.69, 9.17) is 0 Å². The maximum Gasteiger partial charge on any atom is 0.416 e. The van der Waals surface area contributed by atoms with Crippen molar-refractivity contribution in [1.29, 1.82) is 0 Å². The van der Waals surface area contributed by atoms with Crippen LogP contribution in [0.5, 0.6) is 5.75 Å². The van der Waals surface area contributed by atoms with Crippen molar-refractivity contribution >= 4 is 5.91 Å². The minimum atomic E-state index is -4.53. The first-order valence-corrected chi connectivity index (χ1v) is 8.95. The summed E-state index contributed by atoms with van der Waals surface area (Å²) in [5.41, 5.74) is 1.91. The molecule has 0 saturated carbocycles. The van der Waals surface area contributed by atoms with Crippen LogP contribution in [0.2, 0.25) is 0 Å². The number of benzene rings is 1. The Morgan fingerprint density at radius 2 is 2.14 bits per heavy atom. The van der Waals surface area contributed by atoms with E-state index in [2.05, 4.69) is 17.0 Å². The fourth-order valence-electron chi connectivity index (χ4n) is 3.93. The minimum absolute atomic E-state index is 0.115. The number of rotatable bonds is 2. The maximum absolute atomic E-state index is 12.9. The highest BCUT2D eigenvalue weighted by Gasteiger charge is 2.35. The molecule has 6 nitrogen and oxygen atoms in total. The number of alkyl halides is 3. The molecular formula is C19H19F3N4O2. The Morgan fingerprint density at radius 3 is 2.82 bits per heavy atom.